The van der Waals surface area contributed by atoms with E-state index in [0.29, 0.717) is 13.1 Å². The Kier molecular flexibility index (Phi) is 4.45. The molecule has 1 heterocycles. The molecule has 5 heteroatoms. The highest BCUT2D eigenvalue weighted by Gasteiger charge is 2.31. The van der Waals surface area contributed by atoms with E-state index in [1.807, 2.05) is 0 Å². The second-order valence-electron chi connectivity index (χ2n) is 5.88. The molecule has 2 rings (SSSR count). The molecular weight excluding hydrogens is 230 g/mol. The highest BCUT2D eigenvalue weighted by molar-refractivity contribution is 5.72. The molecule has 4 N–H and O–H groups in total. The van der Waals surface area contributed by atoms with Gasteiger partial charge in [0.15, 0.2) is 0 Å². The highest BCUT2D eigenvalue weighted by Crippen LogP contribution is 2.26. The fraction of sp³-hybridized carbons (Fsp3) is 0.923. The summed E-state index contributed by atoms with van der Waals surface area (Å²) >= 11 is 0. The van der Waals surface area contributed by atoms with Crippen LogP contribution in [0.25, 0.3) is 0 Å². The van der Waals surface area contributed by atoms with E-state index < -0.39 is 0 Å². The number of nitrogens with one attached hydrogen (secondary N) is 1. The van der Waals surface area contributed by atoms with Crippen LogP contribution in [0.15, 0.2) is 0 Å². The van der Waals surface area contributed by atoms with Gasteiger partial charge in [0, 0.05) is 25.0 Å². The summed E-state index contributed by atoms with van der Waals surface area (Å²) in [6.07, 6.45) is 4.52. The Morgan fingerprint density at radius 1 is 1.50 bits per heavy atom. The average molecular weight is 255 g/mol. The molecule has 0 bridgehead atoms. The molecule has 1 aliphatic heterocycles. The molecule has 2 aliphatic rings. The van der Waals surface area contributed by atoms with Gasteiger partial charge in [0.2, 0.25) is 0 Å². The summed E-state index contributed by atoms with van der Waals surface area (Å²) in [6.45, 7) is 4.07. The maximum Gasteiger partial charge on any atom is 0.314 e. The van der Waals surface area contributed by atoms with Crippen molar-refractivity contribution in [3.8, 4) is 0 Å². The van der Waals surface area contributed by atoms with E-state index in [1.165, 1.54) is 19.3 Å². The molecule has 0 aromatic heterocycles. The molecule has 0 aromatic rings. The predicted molar refractivity (Wildman–Crippen MR) is 70.1 cm³/mol. The number of hydrogen-bond donors (Lipinski definition) is 3. The molecule has 2 amide bonds. The van der Waals surface area contributed by atoms with Gasteiger partial charge in [-0.15, -0.1) is 0 Å². The van der Waals surface area contributed by atoms with E-state index >= 15 is 0 Å². The normalized spacial score (nSPS) is 30.9. The lowest BCUT2D eigenvalue weighted by Crippen LogP contribution is -2.55. The van der Waals surface area contributed by atoms with Crippen LogP contribution in [0, 0.1) is 11.8 Å². The van der Waals surface area contributed by atoms with Crippen LogP contribution in [0.3, 0.4) is 0 Å². The van der Waals surface area contributed by atoms with E-state index in [0.717, 1.165) is 18.9 Å². The molecule has 3 atom stereocenters. The lowest BCUT2D eigenvalue weighted by Gasteiger charge is -2.39. The zero-order valence-electron chi connectivity index (χ0n) is 11.1. The molecule has 18 heavy (non-hydrogen) atoms. The zero-order chi connectivity index (χ0) is 13.1. The first-order chi connectivity index (χ1) is 8.56. The van der Waals surface area contributed by atoms with Gasteiger partial charge in [-0.05, 0) is 38.6 Å². The number of rotatable bonds is 4. The van der Waals surface area contributed by atoms with Gasteiger partial charge in [-0.1, -0.05) is 6.42 Å². The Balaban J connectivity index is 1.85. The van der Waals surface area contributed by atoms with Crippen LogP contribution >= 0.6 is 0 Å². The van der Waals surface area contributed by atoms with E-state index in [9.17, 15) is 9.90 Å². The number of nitrogens with zero attached hydrogens (tertiary/aromatic N) is 1. The molecule has 2 fully saturated rings. The molecular formula is C13H25N3O2. The fourth-order valence-electron chi connectivity index (χ4n) is 2.85. The Morgan fingerprint density at radius 3 is 2.72 bits per heavy atom. The summed E-state index contributed by atoms with van der Waals surface area (Å²) in [5.74, 6) is 0.934. The van der Waals surface area contributed by atoms with Crippen molar-refractivity contribution in [1.82, 2.24) is 10.2 Å². The van der Waals surface area contributed by atoms with E-state index in [1.54, 1.807) is 11.8 Å². The molecule has 1 saturated heterocycles. The van der Waals surface area contributed by atoms with Gasteiger partial charge in [-0.2, -0.15) is 0 Å². The van der Waals surface area contributed by atoms with Crippen molar-refractivity contribution >= 4 is 6.03 Å². The number of urea groups is 1. The van der Waals surface area contributed by atoms with Crippen molar-refractivity contribution in [1.29, 1.82) is 0 Å². The minimum Gasteiger partial charge on any atom is -0.393 e. The maximum absolute atomic E-state index is 11.3. The largest absolute Gasteiger partial charge is 0.393 e. The van der Waals surface area contributed by atoms with Crippen LogP contribution in [0.4, 0.5) is 4.79 Å². The molecule has 1 aliphatic carbocycles. The van der Waals surface area contributed by atoms with Gasteiger partial charge in [0.05, 0.1) is 6.10 Å². The molecule has 3 unspecified atom stereocenters. The molecule has 104 valence electrons. The Hall–Kier alpha value is -0.810. The van der Waals surface area contributed by atoms with Gasteiger partial charge < -0.3 is 21.1 Å². The van der Waals surface area contributed by atoms with Gasteiger partial charge >= 0.3 is 6.03 Å². The summed E-state index contributed by atoms with van der Waals surface area (Å²) in [4.78, 5) is 13.0. The van der Waals surface area contributed by atoms with Crippen LogP contribution in [0.5, 0.6) is 0 Å². The zero-order valence-corrected chi connectivity index (χ0v) is 11.1. The lowest BCUT2D eigenvalue weighted by molar-refractivity contribution is 0.0607. The topological polar surface area (TPSA) is 78.6 Å². The van der Waals surface area contributed by atoms with E-state index in [-0.39, 0.29) is 24.1 Å². The monoisotopic (exact) mass is 255 g/mol. The summed E-state index contributed by atoms with van der Waals surface area (Å²) in [5.41, 5.74) is 5.36. The summed E-state index contributed by atoms with van der Waals surface area (Å²) in [7, 11) is 0. The van der Waals surface area contributed by atoms with Crippen LogP contribution in [0.2, 0.25) is 0 Å². The van der Waals surface area contributed by atoms with Gasteiger partial charge in [0.1, 0.15) is 0 Å². The highest BCUT2D eigenvalue weighted by atomic mass is 16.3. The SMILES string of the molecule is CC(O)C1CC(NCC2CCC2)CN(C(N)=O)C1. The number of likely N-dealkylation sites (tertiary alicyclic amines) is 1. The van der Waals surface area contributed by atoms with Crippen molar-refractivity contribution in [2.75, 3.05) is 19.6 Å². The van der Waals surface area contributed by atoms with E-state index in [4.69, 9.17) is 5.73 Å². The number of carbonyl (C=O) groups is 1. The Morgan fingerprint density at radius 2 is 2.22 bits per heavy atom. The number of aliphatic hydroxyl groups is 1. The quantitative estimate of drug-likeness (QED) is 0.685. The molecule has 0 aromatic carbocycles. The minimum absolute atomic E-state index is 0.130. The van der Waals surface area contributed by atoms with Crippen LogP contribution in [-0.2, 0) is 0 Å². The first-order valence-electron chi connectivity index (χ1n) is 7.02. The third-order valence-corrected chi connectivity index (χ3v) is 4.40. The summed E-state index contributed by atoms with van der Waals surface area (Å²) < 4.78 is 0. The van der Waals surface area contributed by atoms with Crippen LogP contribution in [0.1, 0.15) is 32.6 Å². The van der Waals surface area contributed by atoms with Gasteiger partial charge in [-0.3, -0.25) is 0 Å². The van der Waals surface area contributed by atoms with Gasteiger partial charge in [-0.25, -0.2) is 4.79 Å². The van der Waals surface area contributed by atoms with E-state index in [2.05, 4.69) is 5.32 Å². The lowest BCUT2D eigenvalue weighted by atomic mass is 9.84. The first-order valence-corrected chi connectivity index (χ1v) is 7.02. The Labute approximate surface area is 109 Å². The van der Waals surface area contributed by atoms with Crippen molar-refractivity contribution in [2.24, 2.45) is 17.6 Å². The maximum atomic E-state index is 11.3. The molecule has 5 nitrogen and oxygen atoms in total. The third kappa shape index (κ3) is 3.36. The van der Waals surface area contributed by atoms with Crippen LogP contribution in [-0.4, -0.2) is 47.8 Å². The number of carbonyl (C=O) groups excluding carboxylic acids is 1. The molecule has 1 saturated carbocycles. The Bertz CT molecular complexity index is 292. The van der Waals surface area contributed by atoms with Crippen molar-refractivity contribution in [3.63, 3.8) is 0 Å². The summed E-state index contributed by atoms with van der Waals surface area (Å²) in [6, 6.07) is -0.109. The minimum atomic E-state index is -0.389. The number of amides is 2. The number of piperidine rings is 1. The predicted octanol–water partition coefficient (Wildman–Crippen LogP) is 0.526. The fourth-order valence-corrected chi connectivity index (χ4v) is 2.85. The average Bonchev–Trinajstić information content (AvgIpc) is 2.26. The van der Waals surface area contributed by atoms with Gasteiger partial charge in [0.25, 0.3) is 0 Å². The first kappa shape index (κ1) is 13.6. The molecule has 0 spiro atoms. The van der Waals surface area contributed by atoms with Crippen molar-refractivity contribution < 1.29 is 9.90 Å². The smallest absolute Gasteiger partial charge is 0.314 e. The number of primary amides is 1. The molecule has 0 radical (unpaired) electrons. The summed E-state index contributed by atoms with van der Waals surface area (Å²) in [5, 5.41) is 13.3. The number of nitrogens with two attached hydrogens (primary N) is 1. The number of hydrogen-bond acceptors (Lipinski definition) is 3. The standard InChI is InChI=1S/C13H25N3O2/c1-9(17)11-5-12(8-16(7-11)13(14)18)15-6-10-3-2-4-10/h9-12,15,17H,2-8H2,1H3,(H2,14,18). The van der Waals surface area contributed by atoms with Crippen LogP contribution < -0.4 is 11.1 Å². The van der Waals surface area contributed by atoms with Crippen molar-refractivity contribution in [3.05, 3.63) is 0 Å². The van der Waals surface area contributed by atoms with Crippen molar-refractivity contribution in [2.45, 2.75) is 44.8 Å². The number of aliphatic hydroxyl groups excluding tert-OH is 1. The third-order valence-electron chi connectivity index (χ3n) is 4.40. The second kappa shape index (κ2) is 5.89. The second-order valence-corrected chi connectivity index (χ2v) is 5.88.